The van der Waals surface area contributed by atoms with E-state index in [9.17, 15) is 0 Å². The predicted octanol–water partition coefficient (Wildman–Crippen LogP) is 1.54. The topological polar surface area (TPSA) is 24.1 Å². The van der Waals surface area contributed by atoms with Gasteiger partial charge in [0.25, 0.3) is 0 Å². The number of hydrogen-bond donors (Lipinski definition) is 2. The predicted molar refractivity (Wildman–Crippen MR) is 48.2 cm³/mol. The van der Waals surface area contributed by atoms with Gasteiger partial charge in [0, 0.05) is 12.6 Å². The molecule has 1 aliphatic rings. The molecule has 0 aliphatic carbocycles. The first-order chi connectivity index (χ1) is 5.00. The van der Waals surface area contributed by atoms with Crippen LogP contribution in [-0.4, -0.2) is 12.6 Å². The van der Waals surface area contributed by atoms with E-state index < -0.39 is 0 Å². The molecule has 0 aromatic rings. The molecule has 66 valence electrons. The van der Waals surface area contributed by atoms with E-state index in [1.54, 1.807) is 0 Å². The molecule has 0 bridgehead atoms. The van der Waals surface area contributed by atoms with Gasteiger partial charge in [-0.05, 0) is 24.7 Å². The maximum absolute atomic E-state index is 3.24. The molecule has 2 atom stereocenters. The largest absolute Gasteiger partial charge is 0.257 e. The van der Waals surface area contributed by atoms with E-state index in [0.29, 0.717) is 11.5 Å². The van der Waals surface area contributed by atoms with Crippen molar-refractivity contribution in [1.82, 2.24) is 10.9 Å². The van der Waals surface area contributed by atoms with Crippen LogP contribution in [0.2, 0.25) is 0 Å². The highest BCUT2D eigenvalue weighted by molar-refractivity contribution is 4.81. The third kappa shape index (κ3) is 2.46. The Hall–Kier alpha value is -0.0800. The lowest BCUT2D eigenvalue weighted by Gasteiger charge is -2.37. The molecular formula is C9H20N2. The molecule has 1 saturated heterocycles. The summed E-state index contributed by atoms with van der Waals surface area (Å²) in [5.74, 6) is 0.804. The molecule has 0 spiro atoms. The van der Waals surface area contributed by atoms with Gasteiger partial charge in [0.2, 0.25) is 0 Å². The fourth-order valence-corrected chi connectivity index (χ4v) is 1.59. The minimum Gasteiger partial charge on any atom is -0.257 e. The van der Waals surface area contributed by atoms with E-state index in [0.717, 1.165) is 12.5 Å². The van der Waals surface area contributed by atoms with Crippen LogP contribution in [0.5, 0.6) is 0 Å². The van der Waals surface area contributed by atoms with Gasteiger partial charge >= 0.3 is 0 Å². The van der Waals surface area contributed by atoms with Gasteiger partial charge < -0.3 is 0 Å². The summed E-state index contributed by atoms with van der Waals surface area (Å²) in [6.45, 7) is 10.3. The SMILES string of the molecule is CC1CC(C(C)(C)C)CNN1. The van der Waals surface area contributed by atoms with Gasteiger partial charge in [-0.15, -0.1) is 0 Å². The van der Waals surface area contributed by atoms with Crippen LogP contribution in [0.25, 0.3) is 0 Å². The Morgan fingerprint density at radius 1 is 1.27 bits per heavy atom. The minimum absolute atomic E-state index is 0.448. The van der Waals surface area contributed by atoms with Crippen LogP contribution < -0.4 is 10.9 Å². The van der Waals surface area contributed by atoms with Crippen LogP contribution in [0.15, 0.2) is 0 Å². The number of hydrazine groups is 1. The Labute approximate surface area is 69.7 Å². The van der Waals surface area contributed by atoms with Crippen molar-refractivity contribution in [1.29, 1.82) is 0 Å². The van der Waals surface area contributed by atoms with Crippen molar-refractivity contribution in [2.75, 3.05) is 6.54 Å². The van der Waals surface area contributed by atoms with E-state index in [1.165, 1.54) is 6.42 Å². The second-order valence-corrected chi connectivity index (χ2v) is 4.72. The van der Waals surface area contributed by atoms with Gasteiger partial charge in [-0.3, -0.25) is 10.9 Å². The van der Waals surface area contributed by atoms with Gasteiger partial charge in [0.15, 0.2) is 0 Å². The maximum atomic E-state index is 3.24. The van der Waals surface area contributed by atoms with Gasteiger partial charge in [-0.2, -0.15) is 0 Å². The molecule has 1 fully saturated rings. The van der Waals surface area contributed by atoms with E-state index in [2.05, 4.69) is 38.5 Å². The zero-order valence-electron chi connectivity index (χ0n) is 8.07. The summed E-state index contributed by atoms with van der Waals surface area (Å²) in [4.78, 5) is 0. The third-order valence-corrected chi connectivity index (χ3v) is 2.56. The Bertz CT molecular complexity index is 126. The molecule has 2 nitrogen and oxygen atoms in total. The van der Waals surface area contributed by atoms with Crippen molar-refractivity contribution in [2.45, 2.75) is 40.2 Å². The van der Waals surface area contributed by atoms with Crippen LogP contribution in [0.3, 0.4) is 0 Å². The summed E-state index contributed by atoms with van der Waals surface area (Å²) in [7, 11) is 0. The summed E-state index contributed by atoms with van der Waals surface area (Å²) in [5, 5.41) is 0. The van der Waals surface area contributed by atoms with Crippen LogP contribution in [0, 0.1) is 11.3 Å². The fourth-order valence-electron chi connectivity index (χ4n) is 1.59. The monoisotopic (exact) mass is 156 g/mol. The fraction of sp³-hybridized carbons (Fsp3) is 1.00. The van der Waals surface area contributed by atoms with E-state index >= 15 is 0 Å². The summed E-state index contributed by atoms with van der Waals surface area (Å²) in [6.07, 6.45) is 1.29. The average molecular weight is 156 g/mol. The first kappa shape index (κ1) is 9.01. The Kier molecular flexibility index (Phi) is 2.55. The van der Waals surface area contributed by atoms with E-state index in [4.69, 9.17) is 0 Å². The molecule has 2 heteroatoms. The normalized spacial score (nSPS) is 33.8. The first-order valence-electron chi connectivity index (χ1n) is 4.48. The van der Waals surface area contributed by atoms with Crippen molar-refractivity contribution in [3.63, 3.8) is 0 Å². The lowest BCUT2D eigenvalue weighted by molar-refractivity contribution is 0.154. The Morgan fingerprint density at radius 3 is 2.27 bits per heavy atom. The van der Waals surface area contributed by atoms with Crippen molar-refractivity contribution in [2.24, 2.45) is 11.3 Å². The molecule has 0 saturated carbocycles. The Morgan fingerprint density at radius 2 is 1.91 bits per heavy atom. The lowest BCUT2D eigenvalue weighted by Crippen LogP contribution is -2.51. The molecule has 0 aromatic carbocycles. The smallest absolute Gasteiger partial charge is 0.0187 e. The van der Waals surface area contributed by atoms with E-state index in [1.807, 2.05) is 0 Å². The number of nitrogens with one attached hydrogen (secondary N) is 2. The summed E-state index contributed by atoms with van der Waals surface area (Å²) >= 11 is 0. The molecule has 2 N–H and O–H groups in total. The van der Waals surface area contributed by atoms with Gasteiger partial charge in [0.05, 0.1) is 0 Å². The van der Waals surface area contributed by atoms with Crippen molar-refractivity contribution < 1.29 is 0 Å². The maximum Gasteiger partial charge on any atom is 0.0187 e. The molecular weight excluding hydrogens is 136 g/mol. The molecule has 2 unspecified atom stereocenters. The molecule has 1 heterocycles. The van der Waals surface area contributed by atoms with Gasteiger partial charge in [-0.1, -0.05) is 20.8 Å². The van der Waals surface area contributed by atoms with Crippen molar-refractivity contribution >= 4 is 0 Å². The second-order valence-electron chi connectivity index (χ2n) is 4.72. The second kappa shape index (κ2) is 3.11. The lowest BCUT2D eigenvalue weighted by atomic mass is 9.77. The number of hydrogen-bond acceptors (Lipinski definition) is 2. The van der Waals surface area contributed by atoms with E-state index in [-0.39, 0.29) is 0 Å². The summed E-state index contributed by atoms with van der Waals surface area (Å²) in [5.41, 5.74) is 6.92. The van der Waals surface area contributed by atoms with Crippen molar-refractivity contribution in [3.05, 3.63) is 0 Å². The van der Waals surface area contributed by atoms with Gasteiger partial charge in [0.1, 0.15) is 0 Å². The standard InChI is InChI=1S/C9H20N2/c1-7-5-8(6-10-11-7)9(2,3)4/h7-8,10-11H,5-6H2,1-4H3. The zero-order chi connectivity index (χ0) is 8.48. The van der Waals surface area contributed by atoms with Crippen molar-refractivity contribution in [3.8, 4) is 0 Å². The Balaban J connectivity index is 2.46. The number of rotatable bonds is 0. The van der Waals surface area contributed by atoms with Gasteiger partial charge in [-0.25, -0.2) is 0 Å². The molecule has 0 aromatic heterocycles. The summed E-state index contributed by atoms with van der Waals surface area (Å²) in [6, 6.07) is 0.618. The molecule has 1 rings (SSSR count). The minimum atomic E-state index is 0.448. The highest BCUT2D eigenvalue weighted by atomic mass is 15.4. The van der Waals surface area contributed by atoms with Crippen LogP contribution in [0.4, 0.5) is 0 Å². The molecule has 11 heavy (non-hydrogen) atoms. The first-order valence-corrected chi connectivity index (χ1v) is 4.48. The van der Waals surface area contributed by atoms with Crippen LogP contribution in [0.1, 0.15) is 34.1 Å². The summed E-state index contributed by atoms with van der Waals surface area (Å²) < 4.78 is 0. The highest BCUT2D eigenvalue weighted by Crippen LogP contribution is 2.30. The molecule has 0 amide bonds. The highest BCUT2D eigenvalue weighted by Gasteiger charge is 2.28. The average Bonchev–Trinajstić information content (AvgIpc) is 1.86. The van der Waals surface area contributed by atoms with Crippen LogP contribution in [-0.2, 0) is 0 Å². The molecule has 1 aliphatic heterocycles. The quantitative estimate of drug-likeness (QED) is 0.556. The third-order valence-electron chi connectivity index (χ3n) is 2.56. The zero-order valence-corrected chi connectivity index (χ0v) is 8.07. The van der Waals surface area contributed by atoms with Crippen LogP contribution >= 0.6 is 0 Å². The molecule has 0 radical (unpaired) electrons.